The van der Waals surface area contributed by atoms with Crippen LogP contribution in [-0.4, -0.2) is 32.3 Å². The Kier molecular flexibility index (Phi) is 5.03. The molecule has 0 amide bonds. The van der Waals surface area contributed by atoms with Gasteiger partial charge >= 0.3 is 0 Å². The summed E-state index contributed by atoms with van der Waals surface area (Å²) in [5, 5.41) is 3.54. The molecule has 0 radical (unpaired) electrons. The molecule has 1 aliphatic rings. The van der Waals surface area contributed by atoms with E-state index in [-0.39, 0.29) is 6.04 Å². The maximum absolute atomic E-state index is 5.83. The van der Waals surface area contributed by atoms with Crippen molar-refractivity contribution in [2.45, 2.75) is 39.7 Å². The van der Waals surface area contributed by atoms with Crippen molar-refractivity contribution in [2.75, 3.05) is 26.3 Å². The minimum atomic E-state index is 0.278. The molecule has 1 aliphatic heterocycles. The molecule has 3 heteroatoms. The molecule has 0 aromatic rings. The fraction of sp³-hybridized carbons (Fsp3) is 1.00. The third-order valence-corrected chi connectivity index (χ3v) is 3.62. The van der Waals surface area contributed by atoms with Crippen LogP contribution in [0.2, 0.25) is 0 Å². The summed E-state index contributed by atoms with van der Waals surface area (Å²) in [5.41, 5.74) is 6.25. The first-order valence-electron chi connectivity index (χ1n) is 6.07. The van der Waals surface area contributed by atoms with Crippen LogP contribution in [0.25, 0.3) is 0 Å². The van der Waals surface area contributed by atoms with E-state index in [0.717, 1.165) is 26.3 Å². The molecule has 0 spiro atoms. The Hall–Kier alpha value is -0.120. The normalized spacial score (nSPS) is 24.8. The van der Waals surface area contributed by atoms with Gasteiger partial charge in [-0.1, -0.05) is 13.8 Å². The van der Waals surface area contributed by atoms with Crippen molar-refractivity contribution in [2.24, 2.45) is 17.1 Å². The van der Waals surface area contributed by atoms with Crippen LogP contribution >= 0.6 is 0 Å². The highest BCUT2D eigenvalue weighted by Gasteiger charge is 2.26. The third-order valence-electron chi connectivity index (χ3n) is 3.62. The monoisotopic (exact) mass is 214 g/mol. The number of ether oxygens (including phenoxy) is 1. The lowest BCUT2D eigenvalue weighted by Gasteiger charge is -2.34. The standard InChI is InChI=1S/C12H26N2O/c1-10(11(2)13)8-14-9-12(3)4-6-15-7-5-12/h10-11,14H,4-9,13H2,1-3H3. The molecule has 0 aromatic carbocycles. The van der Waals surface area contributed by atoms with Gasteiger partial charge in [0.15, 0.2) is 0 Å². The second-order valence-corrected chi connectivity index (χ2v) is 5.39. The Morgan fingerprint density at radius 2 is 1.93 bits per heavy atom. The molecule has 3 N–H and O–H groups in total. The predicted octanol–water partition coefficient (Wildman–Crippen LogP) is 1.38. The van der Waals surface area contributed by atoms with Gasteiger partial charge in [0.1, 0.15) is 0 Å². The van der Waals surface area contributed by atoms with E-state index in [1.165, 1.54) is 12.8 Å². The van der Waals surface area contributed by atoms with E-state index in [9.17, 15) is 0 Å². The summed E-state index contributed by atoms with van der Waals surface area (Å²) in [6, 6.07) is 0.278. The Labute approximate surface area is 93.8 Å². The lowest BCUT2D eigenvalue weighted by Crippen LogP contribution is -2.40. The van der Waals surface area contributed by atoms with Crippen LogP contribution in [0, 0.1) is 11.3 Å². The van der Waals surface area contributed by atoms with Gasteiger partial charge in [-0.05, 0) is 37.6 Å². The summed E-state index contributed by atoms with van der Waals surface area (Å²) >= 11 is 0. The largest absolute Gasteiger partial charge is 0.381 e. The first-order chi connectivity index (χ1) is 7.03. The van der Waals surface area contributed by atoms with E-state index in [1.54, 1.807) is 0 Å². The van der Waals surface area contributed by atoms with Crippen LogP contribution in [0.15, 0.2) is 0 Å². The summed E-state index contributed by atoms with van der Waals surface area (Å²) in [5.74, 6) is 0.549. The van der Waals surface area contributed by atoms with Crippen LogP contribution < -0.4 is 11.1 Å². The molecular weight excluding hydrogens is 188 g/mol. The van der Waals surface area contributed by atoms with Gasteiger partial charge in [-0.3, -0.25) is 0 Å². The highest BCUT2D eigenvalue weighted by atomic mass is 16.5. The molecule has 2 atom stereocenters. The number of rotatable bonds is 5. The maximum Gasteiger partial charge on any atom is 0.0471 e. The van der Waals surface area contributed by atoms with E-state index in [4.69, 9.17) is 10.5 Å². The van der Waals surface area contributed by atoms with E-state index in [2.05, 4.69) is 26.1 Å². The van der Waals surface area contributed by atoms with Gasteiger partial charge in [0.05, 0.1) is 0 Å². The molecule has 1 rings (SSSR count). The fourth-order valence-corrected chi connectivity index (χ4v) is 1.83. The Bertz CT molecular complexity index is 176. The molecule has 90 valence electrons. The highest BCUT2D eigenvalue weighted by Crippen LogP contribution is 2.28. The average Bonchev–Trinajstić information content (AvgIpc) is 2.18. The van der Waals surface area contributed by atoms with Gasteiger partial charge in [-0.2, -0.15) is 0 Å². The summed E-state index contributed by atoms with van der Waals surface area (Å²) < 4.78 is 5.38. The first-order valence-corrected chi connectivity index (χ1v) is 6.07. The second-order valence-electron chi connectivity index (χ2n) is 5.39. The van der Waals surface area contributed by atoms with Gasteiger partial charge in [0.2, 0.25) is 0 Å². The minimum Gasteiger partial charge on any atom is -0.381 e. The van der Waals surface area contributed by atoms with Crippen molar-refractivity contribution in [1.82, 2.24) is 5.32 Å². The lowest BCUT2D eigenvalue weighted by atomic mass is 9.82. The van der Waals surface area contributed by atoms with Crippen molar-refractivity contribution in [3.8, 4) is 0 Å². The zero-order valence-corrected chi connectivity index (χ0v) is 10.4. The van der Waals surface area contributed by atoms with Crippen LogP contribution in [0.5, 0.6) is 0 Å². The maximum atomic E-state index is 5.83. The van der Waals surface area contributed by atoms with Crippen LogP contribution in [0.4, 0.5) is 0 Å². The average molecular weight is 214 g/mol. The molecule has 0 aromatic heterocycles. The van der Waals surface area contributed by atoms with Crippen molar-refractivity contribution in [3.05, 3.63) is 0 Å². The van der Waals surface area contributed by atoms with E-state index in [1.807, 2.05) is 0 Å². The number of hydrogen-bond donors (Lipinski definition) is 2. The van der Waals surface area contributed by atoms with Crippen molar-refractivity contribution >= 4 is 0 Å². The van der Waals surface area contributed by atoms with Crippen molar-refractivity contribution < 1.29 is 4.74 Å². The highest BCUT2D eigenvalue weighted by molar-refractivity contribution is 4.80. The molecule has 0 saturated carbocycles. The Morgan fingerprint density at radius 1 is 1.33 bits per heavy atom. The van der Waals surface area contributed by atoms with Crippen LogP contribution in [0.1, 0.15) is 33.6 Å². The second kappa shape index (κ2) is 5.83. The molecule has 3 nitrogen and oxygen atoms in total. The van der Waals surface area contributed by atoms with Crippen LogP contribution in [0.3, 0.4) is 0 Å². The van der Waals surface area contributed by atoms with E-state index >= 15 is 0 Å². The third kappa shape index (κ3) is 4.49. The zero-order valence-electron chi connectivity index (χ0n) is 10.4. The summed E-state index contributed by atoms with van der Waals surface area (Å²) in [6.07, 6.45) is 2.35. The molecule has 0 bridgehead atoms. The summed E-state index contributed by atoms with van der Waals surface area (Å²) in [7, 11) is 0. The van der Waals surface area contributed by atoms with Gasteiger partial charge in [-0.25, -0.2) is 0 Å². The number of nitrogens with two attached hydrogens (primary N) is 1. The minimum absolute atomic E-state index is 0.278. The quantitative estimate of drug-likeness (QED) is 0.727. The molecule has 0 aliphatic carbocycles. The topological polar surface area (TPSA) is 47.3 Å². The Balaban J connectivity index is 2.18. The summed E-state index contributed by atoms with van der Waals surface area (Å²) in [6.45, 7) is 10.6. The lowest BCUT2D eigenvalue weighted by molar-refractivity contribution is 0.0238. The predicted molar refractivity (Wildman–Crippen MR) is 63.8 cm³/mol. The molecule has 1 fully saturated rings. The van der Waals surface area contributed by atoms with Crippen molar-refractivity contribution in [3.63, 3.8) is 0 Å². The van der Waals surface area contributed by atoms with E-state index in [0.29, 0.717) is 11.3 Å². The fourth-order valence-electron chi connectivity index (χ4n) is 1.83. The molecular formula is C12H26N2O. The van der Waals surface area contributed by atoms with Gasteiger partial charge in [0, 0.05) is 25.8 Å². The zero-order chi connectivity index (χ0) is 11.3. The van der Waals surface area contributed by atoms with Crippen molar-refractivity contribution in [1.29, 1.82) is 0 Å². The molecule has 1 saturated heterocycles. The summed E-state index contributed by atoms with van der Waals surface area (Å²) in [4.78, 5) is 0. The van der Waals surface area contributed by atoms with Gasteiger partial charge < -0.3 is 15.8 Å². The SMILES string of the molecule is CC(N)C(C)CNCC1(C)CCOCC1. The molecule has 2 unspecified atom stereocenters. The van der Waals surface area contributed by atoms with E-state index < -0.39 is 0 Å². The number of hydrogen-bond acceptors (Lipinski definition) is 3. The van der Waals surface area contributed by atoms with Gasteiger partial charge in [-0.15, -0.1) is 0 Å². The molecule has 1 heterocycles. The first kappa shape index (κ1) is 12.9. The molecule has 15 heavy (non-hydrogen) atoms. The van der Waals surface area contributed by atoms with Crippen LogP contribution in [-0.2, 0) is 4.74 Å². The number of nitrogens with one attached hydrogen (secondary N) is 1. The van der Waals surface area contributed by atoms with Gasteiger partial charge in [0.25, 0.3) is 0 Å². The Morgan fingerprint density at radius 3 is 2.47 bits per heavy atom. The smallest absolute Gasteiger partial charge is 0.0471 e.